The summed E-state index contributed by atoms with van der Waals surface area (Å²) in [6.07, 6.45) is 1.50. The van der Waals surface area contributed by atoms with Gasteiger partial charge in [-0.2, -0.15) is 0 Å². The maximum atomic E-state index is 11.3. The van der Waals surface area contributed by atoms with Gasteiger partial charge in [0.1, 0.15) is 0 Å². The summed E-state index contributed by atoms with van der Waals surface area (Å²) in [5.74, 6) is -0.337. The fraction of sp³-hybridized carbons (Fsp3) is 0.231. The van der Waals surface area contributed by atoms with Crippen molar-refractivity contribution < 1.29 is 9.53 Å². The van der Waals surface area contributed by atoms with E-state index in [1.165, 1.54) is 13.2 Å². The molecule has 0 saturated carbocycles. The summed E-state index contributed by atoms with van der Waals surface area (Å²) < 4.78 is 4.65. The Morgan fingerprint density at radius 2 is 2.28 bits per heavy atom. The first-order valence-corrected chi connectivity index (χ1v) is 7.09. The molecule has 0 aromatic carbocycles. The van der Waals surface area contributed by atoms with E-state index < -0.39 is 0 Å². The summed E-state index contributed by atoms with van der Waals surface area (Å²) >= 11 is 3.24. The minimum Gasteiger partial charge on any atom is -0.466 e. The minimum absolute atomic E-state index is 0.337. The average Bonchev–Trinajstić information content (AvgIpc) is 2.96. The SMILES string of the molecule is COC(=O)/C=C(\C)c1sc(C)nc1-c1cccs1. The Morgan fingerprint density at radius 1 is 1.50 bits per heavy atom. The number of methoxy groups -OCH3 is 1. The second kappa shape index (κ2) is 5.46. The number of thiophene rings is 1. The van der Waals surface area contributed by atoms with Crippen molar-refractivity contribution in [3.05, 3.63) is 33.5 Å². The molecule has 0 aliphatic heterocycles. The van der Waals surface area contributed by atoms with E-state index in [4.69, 9.17) is 0 Å². The molecular weight excluding hydrogens is 266 g/mol. The fourth-order valence-corrected chi connectivity index (χ4v) is 3.27. The Bertz CT molecular complexity index is 582. The van der Waals surface area contributed by atoms with Gasteiger partial charge < -0.3 is 4.74 Å². The Labute approximate surface area is 114 Å². The molecule has 0 radical (unpaired) electrons. The molecule has 0 amide bonds. The van der Waals surface area contributed by atoms with Crippen molar-refractivity contribution >= 4 is 34.2 Å². The van der Waals surface area contributed by atoms with Crippen molar-refractivity contribution in [1.29, 1.82) is 0 Å². The van der Waals surface area contributed by atoms with E-state index in [2.05, 4.69) is 9.72 Å². The molecule has 2 heterocycles. The van der Waals surface area contributed by atoms with Crippen molar-refractivity contribution in [2.75, 3.05) is 7.11 Å². The van der Waals surface area contributed by atoms with E-state index in [9.17, 15) is 4.79 Å². The molecule has 0 N–H and O–H groups in total. The molecule has 2 rings (SSSR count). The van der Waals surface area contributed by atoms with Crippen LogP contribution in [0.4, 0.5) is 0 Å². The lowest BCUT2D eigenvalue weighted by Crippen LogP contribution is -1.95. The smallest absolute Gasteiger partial charge is 0.330 e. The number of thiazole rings is 1. The summed E-state index contributed by atoms with van der Waals surface area (Å²) in [5.41, 5.74) is 1.83. The number of esters is 1. The van der Waals surface area contributed by atoms with Crippen molar-refractivity contribution in [2.45, 2.75) is 13.8 Å². The van der Waals surface area contributed by atoms with Crippen molar-refractivity contribution in [2.24, 2.45) is 0 Å². The van der Waals surface area contributed by atoms with Gasteiger partial charge in [0.05, 0.1) is 27.6 Å². The topological polar surface area (TPSA) is 39.2 Å². The number of carbonyl (C=O) groups is 1. The molecule has 2 aromatic rings. The number of hydrogen-bond acceptors (Lipinski definition) is 5. The first-order valence-electron chi connectivity index (χ1n) is 5.39. The second-order valence-corrected chi connectivity index (χ2v) is 5.89. The first-order chi connectivity index (χ1) is 8.61. The van der Waals surface area contributed by atoms with E-state index in [-0.39, 0.29) is 5.97 Å². The third-order valence-corrected chi connectivity index (χ3v) is 4.37. The van der Waals surface area contributed by atoms with Crippen LogP contribution in [-0.2, 0) is 9.53 Å². The van der Waals surface area contributed by atoms with Crippen LogP contribution in [0.5, 0.6) is 0 Å². The van der Waals surface area contributed by atoms with Gasteiger partial charge in [-0.3, -0.25) is 0 Å². The summed E-state index contributed by atoms with van der Waals surface area (Å²) in [5, 5.41) is 3.01. The number of aromatic nitrogens is 1. The molecule has 0 aliphatic rings. The minimum atomic E-state index is -0.337. The monoisotopic (exact) mass is 279 g/mol. The molecule has 0 unspecified atom stereocenters. The van der Waals surface area contributed by atoms with Gasteiger partial charge in [0, 0.05) is 6.08 Å². The number of aryl methyl sites for hydroxylation is 1. The molecular formula is C13H13NO2S2. The predicted octanol–water partition coefficient (Wildman–Crippen LogP) is 3.76. The molecule has 2 aromatic heterocycles. The van der Waals surface area contributed by atoms with Crippen LogP contribution >= 0.6 is 22.7 Å². The fourth-order valence-electron chi connectivity index (χ4n) is 1.58. The van der Waals surface area contributed by atoms with Crippen LogP contribution in [0.2, 0.25) is 0 Å². The average molecular weight is 279 g/mol. The zero-order valence-corrected chi connectivity index (χ0v) is 12.0. The largest absolute Gasteiger partial charge is 0.466 e. The molecule has 18 heavy (non-hydrogen) atoms. The normalized spacial score (nSPS) is 11.6. The molecule has 0 bridgehead atoms. The molecule has 0 spiro atoms. The highest BCUT2D eigenvalue weighted by atomic mass is 32.1. The van der Waals surface area contributed by atoms with Crippen LogP contribution in [0.15, 0.2) is 23.6 Å². The van der Waals surface area contributed by atoms with Gasteiger partial charge in [-0.1, -0.05) is 6.07 Å². The van der Waals surface area contributed by atoms with E-state index >= 15 is 0 Å². The number of hydrogen-bond donors (Lipinski definition) is 0. The highest BCUT2D eigenvalue weighted by molar-refractivity contribution is 7.15. The molecule has 0 fully saturated rings. The zero-order chi connectivity index (χ0) is 13.1. The van der Waals surface area contributed by atoms with Gasteiger partial charge in [-0.25, -0.2) is 9.78 Å². The van der Waals surface area contributed by atoms with Gasteiger partial charge in [0.25, 0.3) is 0 Å². The number of allylic oxidation sites excluding steroid dienone is 1. The molecule has 94 valence electrons. The highest BCUT2D eigenvalue weighted by Gasteiger charge is 2.14. The number of ether oxygens (including phenoxy) is 1. The van der Waals surface area contributed by atoms with Gasteiger partial charge in [0.15, 0.2) is 0 Å². The maximum absolute atomic E-state index is 11.3. The number of carbonyl (C=O) groups excluding carboxylic acids is 1. The summed E-state index contributed by atoms with van der Waals surface area (Å²) in [6.45, 7) is 3.87. The first kappa shape index (κ1) is 13.0. The lowest BCUT2D eigenvalue weighted by Gasteiger charge is -2.00. The number of rotatable bonds is 3. The predicted molar refractivity (Wildman–Crippen MR) is 75.8 cm³/mol. The summed E-state index contributed by atoms with van der Waals surface area (Å²) in [7, 11) is 1.38. The lowest BCUT2D eigenvalue weighted by molar-refractivity contribution is -0.134. The van der Waals surface area contributed by atoms with Crippen LogP contribution in [0.3, 0.4) is 0 Å². The molecule has 3 nitrogen and oxygen atoms in total. The standard InChI is InChI=1S/C13H13NO2S2/c1-8(7-11(15)16-3)13-12(14-9(2)18-13)10-5-4-6-17-10/h4-7H,1-3H3/b8-7+. The molecule has 5 heteroatoms. The van der Waals surface area contributed by atoms with Crippen LogP contribution in [0, 0.1) is 6.92 Å². The number of nitrogens with zero attached hydrogens (tertiary/aromatic N) is 1. The van der Waals surface area contributed by atoms with E-state index in [0.717, 1.165) is 26.0 Å². The van der Waals surface area contributed by atoms with E-state index in [0.29, 0.717) is 0 Å². The third kappa shape index (κ3) is 2.68. The van der Waals surface area contributed by atoms with Crippen molar-refractivity contribution in [3.63, 3.8) is 0 Å². The van der Waals surface area contributed by atoms with Gasteiger partial charge in [-0.15, -0.1) is 22.7 Å². The van der Waals surface area contributed by atoms with Crippen molar-refractivity contribution in [1.82, 2.24) is 4.98 Å². The van der Waals surface area contributed by atoms with Gasteiger partial charge in [0.2, 0.25) is 0 Å². The Kier molecular flexibility index (Phi) is 3.93. The van der Waals surface area contributed by atoms with E-state index in [1.54, 1.807) is 22.7 Å². The second-order valence-electron chi connectivity index (χ2n) is 3.74. The quantitative estimate of drug-likeness (QED) is 0.634. The summed E-state index contributed by atoms with van der Waals surface area (Å²) in [6, 6.07) is 4.03. The van der Waals surface area contributed by atoms with Crippen molar-refractivity contribution in [3.8, 4) is 10.6 Å². The van der Waals surface area contributed by atoms with Crippen LogP contribution < -0.4 is 0 Å². The van der Waals surface area contributed by atoms with Gasteiger partial charge in [-0.05, 0) is 30.9 Å². The van der Waals surface area contributed by atoms with Crippen LogP contribution in [0.25, 0.3) is 16.1 Å². The molecule has 0 aliphatic carbocycles. The lowest BCUT2D eigenvalue weighted by atomic mass is 10.2. The highest BCUT2D eigenvalue weighted by Crippen LogP contribution is 2.35. The van der Waals surface area contributed by atoms with Gasteiger partial charge >= 0.3 is 5.97 Å². The van der Waals surface area contributed by atoms with E-state index in [1.807, 2.05) is 31.4 Å². The Balaban J connectivity index is 2.45. The van der Waals surface area contributed by atoms with Crippen LogP contribution in [0.1, 0.15) is 16.8 Å². The maximum Gasteiger partial charge on any atom is 0.330 e. The summed E-state index contributed by atoms with van der Waals surface area (Å²) in [4.78, 5) is 18.0. The third-order valence-electron chi connectivity index (χ3n) is 2.38. The molecule has 0 saturated heterocycles. The Morgan fingerprint density at radius 3 is 2.89 bits per heavy atom. The Hall–Kier alpha value is -1.46. The van der Waals surface area contributed by atoms with Crippen LogP contribution in [-0.4, -0.2) is 18.1 Å². The zero-order valence-electron chi connectivity index (χ0n) is 10.4. The molecule has 0 atom stereocenters.